The number of nitrogens with zero attached hydrogens (tertiary/aromatic N) is 1. The van der Waals surface area contributed by atoms with Crippen LogP contribution in [-0.2, 0) is 11.3 Å². The fourth-order valence-corrected chi connectivity index (χ4v) is 1.72. The number of rotatable bonds is 4. The van der Waals surface area contributed by atoms with Gasteiger partial charge in [0.15, 0.2) is 0 Å². The molecule has 0 aliphatic carbocycles. The molecule has 1 aliphatic rings. The van der Waals surface area contributed by atoms with Crippen LogP contribution in [0.4, 0.5) is 0 Å². The molecular weight excluding hydrogens is 206 g/mol. The molecular formula is C11H17N3O2. The number of aryl methyl sites for hydroxylation is 1. The Morgan fingerprint density at radius 1 is 1.75 bits per heavy atom. The first-order valence-electron chi connectivity index (χ1n) is 5.57. The predicted octanol–water partition coefficient (Wildman–Crippen LogP) is 0.455. The van der Waals surface area contributed by atoms with Gasteiger partial charge in [-0.2, -0.15) is 0 Å². The molecule has 88 valence electrons. The minimum absolute atomic E-state index is 0.0641. The van der Waals surface area contributed by atoms with Crippen molar-refractivity contribution >= 4 is 5.91 Å². The van der Waals surface area contributed by atoms with Gasteiger partial charge in [0.1, 0.15) is 11.5 Å². The second kappa shape index (κ2) is 4.65. The van der Waals surface area contributed by atoms with Crippen LogP contribution >= 0.6 is 0 Å². The molecule has 1 fully saturated rings. The first-order chi connectivity index (χ1) is 7.66. The van der Waals surface area contributed by atoms with E-state index in [-0.39, 0.29) is 11.8 Å². The average Bonchev–Trinajstić information content (AvgIpc) is 2.58. The molecule has 16 heavy (non-hydrogen) atoms. The van der Waals surface area contributed by atoms with E-state index in [0.717, 1.165) is 24.5 Å². The molecule has 1 aromatic heterocycles. The van der Waals surface area contributed by atoms with Crippen LogP contribution in [0.2, 0.25) is 0 Å². The number of carbonyl (C=O) groups is 1. The van der Waals surface area contributed by atoms with Gasteiger partial charge in [-0.15, -0.1) is 0 Å². The molecule has 1 aromatic rings. The maximum absolute atomic E-state index is 11.8. The quantitative estimate of drug-likeness (QED) is 0.778. The fraction of sp³-hybridized carbons (Fsp3) is 0.636. The first-order valence-corrected chi connectivity index (χ1v) is 5.57. The molecule has 0 spiro atoms. The molecule has 1 unspecified atom stereocenters. The normalized spacial score (nSPS) is 17.9. The molecule has 0 bridgehead atoms. The van der Waals surface area contributed by atoms with Crippen molar-refractivity contribution in [3.63, 3.8) is 0 Å². The van der Waals surface area contributed by atoms with E-state index in [1.165, 1.54) is 0 Å². The van der Waals surface area contributed by atoms with Gasteiger partial charge in [0.05, 0.1) is 6.54 Å². The molecule has 5 heteroatoms. The third kappa shape index (κ3) is 2.41. The van der Waals surface area contributed by atoms with Crippen molar-refractivity contribution in [3.8, 4) is 0 Å². The van der Waals surface area contributed by atoms with Crippen molar-refractivity contribution < 1.29 is 9.32 Å². The minimum Gasteiger partial charge on any atom is -0.361 e. The lowest BCUT2D eigenvalue weighted by atomic mass is 9.88. The highest BCUT2D eigenvalue weighted by Crippen LogP contribution is 2.15. The monoisotopic (exact) mass is 223 g/mol. The summed E-state index contributed by atoms with van der Waals surface area (Å²) in [7, 11) is 0. The van der Waals surface area contributed by atoms with Crippen LogP contribution in [0.1, 0.15) is 18.4 Å². The molecule has 1 atom stereocenters. The molecule has 1 aliphatic heterocycles. The van der Waals surface area contributed by atoms with Gasteiger partial charge in [-0.05, 0) is 25.9 Å². The van der Waals surface area contributed by atoms with E-state index in [4.69, 9.17) is 4.52 Å². The summed E-state index contributed by atoms with van der Waals surface area (Å²) in [5, 5.41) is 9.86. The summed E-state index contributed by atoms with van der Waals surface area (Å²) in [6.07, 6.45) is 0. The van der Waals surface area contributed by atoms with Crippen molar-refractivity contribution in [2.45, 2.75) is 20.4 Å². The number of hydrogen-bond acceptors (Lipinski definition) is 4. The largest absolute Gasteiger partial charge is 0.361 e. The van der Waals surface area contributed by atoms with Crippen molar-refractivity contribution in [1.82, 2.24) is 15.8 Å². The van der Waals surface area contributed by atoms with Crippen LogP contribution in [0.15, 0.2) is 10.6 Å². The lowest BCUT2D eigenvalue weighted by Gasteiger charge is -2.31. The summed E-state index contributed by atoms with van der Waals surface area (Å²) in [6.45, 7) is 6.13. The van der Waals surface area contributed by atoms with Gasteiger partial charge in [0, 0.05) is 12.0 Å². The molecule has 0 aromatic carbocycles. The maximum Gasteiger partial charge on any atom is 0.223 e. The van der Waals surface area contributed by atoms with Crippen LogP contribution in [-0.4, -0.2) is 24.2 Å². The second-order valence-electron chi connectivity index (χ2n) is 4.35. The molecule has 1 amide bonds. The number of nitrogens with one attached hydrogen (secondary N) is 2. The summed E-state index contributed by atoms with van der Waals surface area (Å²) >= 11 is 0. The average molecular weight is 223 g/mol. The van der Waals surface area contributed by atoms with E-state index in [9.17, 15) is 4.79 Å². The molecule has 5 nitrogen and oxygen atoms in total. The highest BCUT2D eigenvalue weighted by Gasteiger charge is 2.28. The number of carbonyl (C=O) groups excluding carboxylic acids is 1. The number of hydrogen-bond donors (Lipinski definition) is 2. The number of amides is 1. The van der Waals surface area contributed by atoms with Crippen LogP contribution in [0.5, 0.6) is 0 Å². The van der Waals surface area contributed by atoms with Crippen LogP contribution in [0, 0.1) is 18.8 Å². The van der Waals surface area contributed by atoms with E-state index in [1.807, 2.05) is 19.9 Å². The van der Waals surface area contributed by atoms with Crippen molar-refractivity contribution in [3.05, 3.63) is 17.5 Å². The Labute approximate surface area is 94.6 Å². The molecule has 2 rings (SSSR count). The standard InChI is InChI=1S/C11H17N3O2/c1-7-3-10(14-16-7)6-13-11(15)8(2)9-4-12-5-9/h3,8-9,12H,4-6H2,1-2H3,(H,13,15). The Morgan fingerprint density at radius 3 is 3.00 bits per heavy atom. The Bertz CT molecular complexity index is 371. The van der Waals surface area contributed by atoms with Gasteiger partial charge in [-0.25, -0.2) is 0 Å². The summed E-state index contributed by atoms with van der Waals surface area (Å²) < 4.78 is 4.93. The Balaban J connectivity index is 1.78. The van der Waals surface area contributed by atoms with E-state index in [2.05, 4.69) is 15.8 Å². The molecule has 2 heterocycles. The molecule has 1 saturated heterocycles. The zero-order chi connectivity index (χ0) is 11.5. The van der Waals surface area contributed by atoms with Gasteiger partial charge >= 0.3 is 0 Å². The summed E-state index contributed by atoms with van der Waals surface area (Å²) in [4.78, 5) is 11.8. The predicted molar refractivity (Wildman–Crippen MR) is 58.6 cm³/mol. The first kappa shape index (κ1) is 11.1. The van der Waals surface area contributed by atoms with Gasteiger partial charge in [0.25, 0.3) is 0 Å². The van der Waals surface area contributed by atoms with Gasteiger partial charge in [0.2, 0.25) is 5.91 Å². The summed E-state index contributed by atoms with van der Waals surface area (Å²) in [6, 6.07) is 1.83. The summed E-state index contributed by atoms with van der Waals surface area (Å²) in [5.41, 5.74) is 0.768. The third-order valence-corrected chi connectivity index (χ3v) is 3.05. The SMILES string of the molecule is Cc1cc(CNC(=O)C(C)C2CNC2)no1. The zero-order valence-electron chi connectivity index (χ0n) is 9.62. The Kier molecular flexibility index (Phi) is 3.24. The van der Waals surface area contributed by atoms with E-state index < -0.39 is 0 Å². The van der Waals surface area contributed by atoms with E-state index >= 15 is 0 Å². The Morgan fingerprint density at radius 2 is 2.50 bits per heavy atom. The maximum atomic E-state index is 11.8. The van der Waals surface area contributed by atoms with Crippen molar-refractivity contribution in [2.24, 2.45) is 11.8 Å². The molecule has 2 N–H and O–H groups in total. The topological polar surface area (TPSA) is 67.2 Å². The van der Waals surface area contributed by atoms with Gasteiger partial charge in [-0.1, -0.05) is 12.1 Å². The van der Waals surface area contributed by atoms with Gasteiger partial charge in [-0.3, -0.25) is 4.79 Å². The highest BCUT2D eigenvalue weighted by molar-refractivity contribution is 5.78. The van der Waals surface area contributed by atoms with Crippen molar-refractivity contribution in [2.75, 3.05) is 13.1 Å². The van der Waals surface area contributed by atoms with E-state index in [1.54, 1.807) is 0 Å². The lowest BCUT2D eigenvalue weighted by Crippen LogP contribution is -2.49. The zero-order valence-corrected chi connectivity index (χ0v) is 9.62. The molecule has 0 saturated carbocycles. The number of aromatic nitrogens is 1. The Hall–Kier alpha value is -1.36. The van der Waals surface area contributed by atoms with Crippen LogP contribution in [0.25, 0.3) is 0 Å². The fourth-order valence-electron chi connectivity index (χ4n) is 1.72. The second-order valence-corrected chi connectivity index (χ2v) is 4.35. The van der Waals surface area contributed by atoms with Crippen LogP contribution in [0.3, 0.4) is 0 Å². The van der Waals surface area contributed by atoms with Gasteiger partial charge < -0.3 is 15.2 Å². The smallest absolute Gasteiger partial charge is 0.223 e. The summed E-state index contributed by atoms with van der Waals surface area (Å²) in [5.74, 6) is 1.39. The van der Waals surface area contributed by atoms with Crippen LogP contribution < -0.4 is 10.6 Å². The highest BCUT2D eigenvalue weighted by atomic mass is 16.5. The van der Waals surface area contributed by atoms with Crippen molar-refractivity contribution in [1.29, 1.82) is 0 Å². The third-order valence-electron chi connectivity index (χ3n) is 3.05. The molecule has 0 radical (unpaired) electrons. The van der Waals surface area contributed by atoms with E-state index in [0.29, 0.717) is 12.5 Å². The lowest BCUT2D eigenvalue weighted by molar-refractivity contribution is -0.126. The minimum atomic E-state index is 0.0641.